The van der Waals surface area contributed by atoms with E-state index in [1.54, 1.807) is 0 Å². The predicted octanol–water partition coefficient (Wildman–Crippen LogP) is -1.32. The standard InChI is InChI=1S/C9H12N6O3S/c10-3-7-6-15(1-2-18-7)19(16,17)8-4-12-9(14-11)13-5-8/h4-5,7H,1-2,6,11H2,(H,12,13,14). The van der Waals surface area contributed by atoms with Gasteiger partial charge >= 0.3 is 0 Å². The van der Waals surface area contributed by atoms with Crippen LogP contribution in [0, 0.1) is 11.3 Å². The topological polar surface area (TPSA) is 134 Å². The molecule has 1 aliphatic heterocycles. The molecule has 3 N–H and O–H groups in total. The van der Waals surface area contributed by atoms with Crippen LogP contribution < -0.4 is 11.3 Å². The number of nitrogens with two attached hydrogens (primary N) is 1. The Balaban J connectivity index is 2.23. The van der Waals surface area contributed by atoms with Crippen LogP contribution in [-0.2, 0) is 14.8 Å². The van der Waals surface area contributed by atoms with E-state index in [1.807, 2.05) is 6.07 Å². The van der Waals surface area contributed by atoms with Crippen LogP contribution in [0.25, 0.3) is 0 Å². The largest absolute Gasteiger partial charge is 0.361 e. The second-order valence-electron chi connectivity index (χ2n) is 3.74. The summed E-state index contributed by atoms with van der Waals surface area (Å²) in [6.07, 6.45) is 1.57. The fourth-order valence-corrected chi connectivity index (χ4v) is 2.91. The number of hydrogen-bond donors (Lipinski definition) is 2. The van der Waals surface area contributed by atoms with Gasteiger partial charge in [0.1, 0.15) is 4.90 Å². The average Bonchev–Trinajstić information content (AvgIpc) is 2.47. The van der Waals surface area contributed by atoms with Crippen molar-refractivity contribution in [1.29, 1.82) is 5.26 Å². The number of sulfonamides is 1. The lowest BCUT2D eigenvalue weighted by atomic mass is 10.3. The lowest BCUT2D eigenvalue weighted by molar-refractivity contribution is 0.0311. The molecule has 0 aliphatic carbocycles. The third-order valence-electron chi connectivity index (χ3n) is 2.57. The van der Waals surface area contributed by atoms with Crippen molar-refractivity contribution in [1.82, 2.24) is 14.3 Å². The summed E-state index contributed by atoms with van der Waals surface area (Å²) < 4.78 is 30.8. The van der Waals surface area contributed by atoms with Crippen LogP contribution in [0.15, 0.2) is 17.3 Å². The summed E-state index contributed by atoms with van der Waals surface area (Å²) in [7, 11) is -3.72. The van der Waals surface area contributed by atoms with Crippen LogP contribution in [-0.4, -0.2) is 48.5 Å². The first-order chi connectivity index (χ1) is 9.07. The van der Waals surface area contributed by atoms with E-state index in [2.05, 4.69) is 15.4 Å². The Bertz CT molecular complexity index is 581. The van der Waals surface area contributed by atoms with Gasteiger partial charge < -0.3 is 4.74 Å². The highest BCUT2D eigenvalue weighted by Gasteiger charge is 2.31. The van der Waals surface area contributed by atoms with E-state index >= 15 is 0 Å². The lowest BCUT2D eigenvalue weighted by Crippen LogP contribution is -2.45. The molecule has 0 saturated carbocycles. The van der Waals surface area contributed by atoms with Gasteiger partial charge in [0.25, 0.3) is 0 Å². The second-order valence-corrected chi connectivity index (χ2v) is 5.68. The molecule has 1 atom stereocenters. The van der Waals surface area contributed by atoms with E-state index < -0.39 is 16.1 Å². The normalized spacial score (nSPS) is 20.7. The van der Waals surface area contributed by atoms with E-state index in [-0.39, 0.29) is 30.5 Å². The molecule has 1 unspecified atom stereocenters. The molecule has 0 spiro atoms. The summed E-state index contributed by atoms with van der Waals surface area (Å²) in [4.78, 5) is 7.45. The first kappa shape index (κ1) is 13.6. The Morgan fingerprint density at radius 2 is 2.21 bits per heavy atom. The Morgan fingerprint density at radius 1 is 1.53 bits per heavy atom. The summed E-state index contributed by atoms with van der Waals surface area (Å²) in [5, 5.41) is 8.77. The highest BCUT2D eigenvalue weighted by atomic mass is 32.2. The number of rotatable bonds is 3. The Morgan fingerprint density at radius 3 is 2.79 bits per heavy atom. The fraction of sp³-hybridized carbons (Fsp3) is 0.444. The van der Waals surface area contributed by atoms with Gasteiger partial charge in [0, 0.05) is 6.54 Å². The van der Waals surface area contributed by atoms with E-state index in [9.17, 15) is 8.42 Å². The van der Waals surface area contributed by atoms with Crippen LogP contribution in [0.2, 0.25) is 0 Å². The van der Waals surface area contributed by atoms with Crippen LogP contribution in [0.3, 0.4) is 0 Å². The van der Waals surface area contributed by atoms with Crippen LogP contribution >= 0.6 is 0 Å². The minimum atomic E-state index is -3.72. The van der Waals surface area contributed by atoms with Gasteiger partial charge in [-0.1, -0.05) is 0 Å². The molecule has 10 heteroatoms. The third kappa shape index (κ3) is 2.79. The third-order valence-corrected chi connectivity index (χ3v) is 4.39. The summed E-state index contributed by atoms with van der Waals surface area (Å²) in [5.41, 5.74) is 2.21. The van der Waals surface area contributed by atoms with Gasteiger partial charge in [-0.3, -0.25) is 5.43 Å². The number of nitrogens with zero attached hydrogens (tertiary/aromatic N) is 4. The second kappa shape index (κ2) is 5.45. The first-order valence-electron chi connectivity index (χ1n) is 5.38. The van der Waals surface area contributed by atoms with Crippen molar-refractivity contribution in [3.8, 4) is 6.07 Å². The van der Waals surface area contributed by atoms with Gasteiger partial charge in [0.15, 0.2) is 6.10 Å². The van der Waals surface area contributed by atoms with Crippen molar-refractivity contribution in [3.05, 3.63) is 12.4 Å². The Kier molecular flexibility index (Phi) is 3.91. The molecule has 19 heavy (non-hydrogen) atoms. The smallest absolute Gasteiger partial charge is 0.246 e. The number of aromatic nitrogens is 2. The summed E-state index contributed by atoms with van der Waals surface area (Å²) in [5.74, 6) is 5.22. The molecule has 1 aromatic rings. The van der Waals surface area contributed by atoms with Crippen molar-refractivity contribution >= 4 is 16.0 Å². The van der Waals surface area contributed by atoms with Gasteiger partial charge in [-0.2, -0.15) is 9.57 Å². The van der Waals surface area contributed by atoms with Crippen LogP contribution in [0.1, 0.15) is 0 Å². The number of hydrazine groups is 1. The maximum Gasteiger partial charge on any atom is 0.246 e. The van der Waals surface area contributed by atoms with Crippen molar-refractivity contribution in [2.75, 3.05) is 25.1 Å². The van der Waals surface area contributed by atoms with E-state index in [4.69, 9.17) is 15.8 Å². The summed E-state index contributed by atoms with van der Waals surface area (Å²) in [6.45, 7) is 0.369. The minimum absolute atomic E-state index is 0.00424. The Labute approximate surface area is 110 Å². The van der Waals surface area contributed by atoms with Crippen molar-refractivity contribution in [2.24, 2.45) is 5.84 Å². The molecule has 2 rings (SSSR count). The average molecular weight is 284 g/mol. The van der Waals surface area contributed by atoms with Gasteiger partial charge in [0.2, 0.25) is 16.0 Å². The quantitative estimate of drug-likeness (QED) is 0.515. The monoisotopic (exact) mass is 284 g/mol. The molecular formula is C9H12N6O3S. The zero-order valence-electron chi connectivity index (χ0n) is 9.85. The van der Waals surface area contributed by atoms with Crippen molar-refractivity contribution < 1.29 is 13.2 Å². The SMILES string of the molecule is N#CC1CN(S(=O)(=O)c2cnc(NN)nc2)CCO1. The van der Waals surface area contributed by atoms with E-state index in [0.29, 0.717) is 0 Å². The first-order valence-corrected chi connectivity index (χ1v) is 6.82. The molecule has 1 fully saturated rings. The van der Waals surface area contributed by atoms with Gasteiger partial charge in [-0.25, -0.2) is 24.2 Å². The van der Waals surface area contributed by atoms with Crippen LogP contribution in [0.4, 0.5) is 5.95 Å². The molecule has 9 nitrogen and oxygen atoms in total. The predicted molar refractivity (Wildman–Crippen MR) is 64.0 cm³/mol. The molecule has 2 heterocycles. The molecule has 1 saturated heterocycles. The molecule has 0 amide bonds. The highest BCUT2D eigenvalue weighted by Crippen LogP contribution is 2.17. The van der Waals surface area contributed by atoms with Gasteiger partial charge in [0.05, 0.1) is 31.6 Å². The van der Waals surface area contributed by atoms with Gasteiger partial charge in [-0.15, -0.1) is 0 Å². The fourth-order valence-electron chi connectivity index (χ4n) is 1.60. The summed E-state index contributed by atoms with van der Waals surface area (Å²) in [6, 6.07) is 1.89. The lowest BCUT2D eigenvalue weighted by Gasteiger charge is -2.28. The molecule has 0 bridgehead atoms. The highest BCUT2D eigenvalue weighted by molar-refractivity contribution is 7.89. The summed E-state index contributed by atoms with van der Waals surface area (Å²) >= 11 is 0. The van der Waals surface area contributed by atoms with E-state index in [1.165, 1.54) is 4.31 Å². The Hall–Kier alpha value is -1.80. The zero-order valence-corrected chi connectivity index (χ0v) is 10.7. The molecule has 102 valence electrons. The molecule has 0 aromatic carbocycles. The number of ether oxygens (including phenoxy) is 1. The van der Waals surface area contributed by atoms with Gasteiger partial charge in [-0.05, 0) is 0 Å². The number of anilines is 1. The minimum Gasteiger partial charge on any atom is -0.361 e. The molecule has 0 radical (unpaired) electrons. The van der Waals surface area contributed by atoms with Crippen LogP contribution in [0.5, 0.6) is 0 Å². The van der Waals surface area contributed by atoms with Crippen molar-refractivity contribution in [3.63, 3.8) is 0 Å². The number of nitrogen functional groups attached to an aromatic ring is 1. The molecular weight excluding hydrogens is 272 g/mol. The van der Waals surface area contributed by atoms with E-state index in [0.717, 1.165) is 12.4 Å². The number of nitrogens with one attached hydrogen (secondary N) is 1. The van der Waals surface area contributed by atoms with Crippen molar-refractivity contribution in [2.45, 2.75) is 11.0 Å². The maximum absolute atomic E-state index is 12.3. The maximum atomic E-state index is 12.3. The number of morpholine rings is 1. The zero-order chi connectivity index (χ0) is 13.9. The molecule has 1 aliphatic rings. The molecule has 1 aromatic heterocycles. The number of nitriles is 1. The number of hydrogen-bond acceptors (Lipinski definition) is 8.